The smallest absolute Gasteiger partial charge is 0.235 e. The molecule has 0 atom stereocenters. The van der Waals surface area contributed by atoms with E-state index >= 15 is 0 Å². The predicted octanol–water partition coefficient (Wildman–Crippen LogP) is 2.09. The third kappa shape index (κ3) is 3.20. The van der Waals surface area contributed by atoms with Crippen molar-refractivity contribution < 1.29 is 17.5 Å². The van der Waals surface area contributed by atoms with Crippen LogP contribution in [0.15, 0.2) is 18.2 Å². The minimum Gasteiger partial charge on any atom is -0.748 e. The molecule has 0 spiro atoms. The van der Waals surface area contributed by atoms with E-state index in [2.05, 4.69) is 0 Å². The van der Waals surface area contributed by atoms with E-state index in [0.717, 1.165) is 15.2 Å². The molecule has 4 nitrogen and oxygen atoms in total. The summed E-state index contributed by atoms with van der Waals surface area (Å²) in [6.07, 6.45) is 0.315. The van der Waals surface area contributed by atoms with Crippen LogP contribution in [0.1, 0.15) is 11.4 Å². The molecule has 0 aliphatic heterocycles. The molecule has 1 aromatic carbocycles. The van der Waals surface area contributed by atoms with E-state index in [0.29, 0.717) is 18.0 Å². The topological polar surface area (TPSA) is 61.1 Å². The van der Waals surface area contributed by atoms with E-state index in [9.17, 15) is 13.0 Å². The van der Waals surface area contributed by atoms with E-state index in [1.807, 2.05) is 29.7 Å². The van der Waals surface area contributed by atoms with E-state index in [4.69, 9.17) is 11.6 Å². The Kier molecular flexibility index (Phi) is 3.91. The molecule has 0 fully saturated rings. The Morgan fingerprint density at radius 1 is 1.44 bits per heavy atom. The lowest BCUT2D eigenvalue weighted by molar-refractivity contribution is -0.672. The summed E-state index contributed by atoms with van der Waals surface area (Å²) >= 11 is 7.57. The van der Waals surface area contributed by atoms with Gasteiger partial charge in [-0.2, -0.15) is 4.57 Å². The van der Waals surface area contributed by atoms with Crippen molar-refractivity contribution in [2.45, 2.75) is 19.9 Å². The molecule has 2 aromatic rings. The lowest BCUT2D eigenvalue weighted by Crippen LogP contribution is -2.35. The first kappa shape index (κ1) is 13.7. The van der Waals surface area contributed by atoms with Gasteiger partial charge in [0.15, 0.2) is 6.54 Å². The van der Waals surface area contributed by atoms with E-state index in [1.165, 1.54) is 0 Å². The molecule has 0 aliphatic rings. The maximum absolute atomic E-state index is 10.6. The van der Waals surface area contributed by atoms with Gasteiger partial charge in [-0.25, -0.2) is 8.42 Å². The Bertz CT molecular complexity index is 679. The molecule has 98 valence electrons. The Morgan fingerprint density at radius 2 is 2.17 bits per heavy atom. The number of aryl methyl sites for hydroxylation is 2. The molecule has 0 radical (unpaired) electrons. The van der Waals surface area contributed by atoms with Crippen LogP contribution in [0.4, 0.5) is 0 Å². The third-order valence-corrected chi connectivity index (χ3v) is 4.73. The van der Waals surface area contributed by atoms with Crippen LogP contribution >= 0.6 is 22.9 Å². The standard InChI is InChI=1S/C11H12ClNO3S2/c1-8-13(5-2-6-18(14,15)16)10-7-9(12)3-4-11(10)17-8/h3-4,7H,2,5-6H2,1H3. The van der Waals surface area contributed by atoms with Crippen molar-refractivity contribution in [3.05, 3.63) is 28.2 Å². The highest BCUT2D eigenvalue weighted by Gasteiger charge is 2.17. The summed E-state index contributed by atoms with van der Waals surface area (Å²) in [6, 6.07) is 5.62. The second-order valence-electron chi connectivity index (χ2n) is 4.00. The van der Waals surface area contributed by atoms with E-state index < -0.39 is 10.1 Å². The monoisotopic (exact) mass is 305 g/mol. The Hall–Kier alpha value is -0.690. The molecule has 7 heteroatoms. The van der Waals surface area contributed by atoms with Gasteiger partial charge in [-0.05, 0) is 12.1 Å². The van der Waals surface area contributed by atoms with Gasteiger partial charge in [0, 0.05) is 30.2 Å². The van der Waals surface area contributed by atoms with Gasteiger partial charge in [0.2, 0.25) is 10.5 Å². The molecular formula is C11H12ClNO3S2. The van der Waals surface area contributed by atoms with E-state index in [1.54, 1.807) is 11.3 Å². The summed E-state index contributed by atoms with van der Waals surface area (Å²) in [6.45, 7) is 2.47. The molecular weight excluding hydrogens is 294 g/mol. The van der Waals surface area contributed by atoms with Crippen LogP contribution in [0.5, 0.6) is 0 Å². The second kappa shape index (κ2) is 5.13. The van der Waals surface area contributed by atoms with Crippen molar-refractivity contribution in [2.75, 3.05) is 5.75 Å². The van der Waals surface area contributed by atoms with Crippen LogP contribution < -0.4 is 4.57 Å². The number of hydrogen-bond acceptors (Lipinski definition) is 4. The van der Waals surface area contributed by atoms with Crippen molar-refractivity contribution in [3.63, 3.8) is 0 Å². The molecule has 0 aliphatic carbocycles. The van der Waals surface area contributed by atoms with Gasteiger partial charge < -0.3 is 4.55 Å². The quantitative estimate of drug-likeness (QED) is 0.642. The van der Waals surface area contributed by atoms with Gasteiger partial charge in [-0.15, -0.1) is 0 Å². The van der Waals surface area contributed by atoms with Crippen LogP contribution in [-0.4, -0.2) is 18.7 Å². The van der Waals surface area contributed by atoms with Crippen molar-refractivity contribution in [1.82, 2.24) is 0 Å². The summed E-state index contributed by atoms with van der Waals surface area (Å²) < 4.78 is 34.8. The molecule has 0 saturated heterocycles. The van der Waals surface area contributed by atoms with Crippen LogP contribution in [0.25, 0.3) is 10.2 Å². The lowest BCUT2D eigenvalue weighted by Gasteiger charge is -2.04. The third-order valence-electron chi connectivity index (χ3n) is 2.63. The number of thiazole rings is 1. The zero-order valence-electron chi connectivity index (χ0n) is 9.72. The average molecular weight is 306 g/mol. The van der Waals surface area contributed by atoms with Crippen LogP contribution in [0.3, 0.4) is 0 Å². The van der Waals surface area contributed by atoms with Gasteiger partial charge in [0.05, 0.1) is 10.1 Å². The molecule has 1 aromatic heterocycles. The van der Waals surface area contributed by atoms with Gasteiger partial charge in [-0.3, -0.25) is 0 Å². The molecule has 2 rings (SSSR count). The number of hydrogen-bond donors (Lipinski definition) is 0. The summed E-state index contributed by atoms with van der Waals surface area (Å²) in [5.41, 5.74) is 0.980. The van der Waals surface area contributed by atoms with Crippen molar-refractivity contribution in [2.24, 2.45) is 0 Å². The summed E-state index contributed by atoms with van der Waals surface area (Å²) in [7, 11) is -4.14. The molecule has 1 heterocycles. The predicted molar refractivity (Wildman–Crippen MR) is 70.9 cm³/mol. The maximum atomic E-state index is 10.6. The number of rotatable bonds is 4. The van der Waals surface area contributed by atoms with E-state index in [-0.39, 0.29) is 5.75 Å². The number of nitrogens with zero attached hydrogens (tertiary/aromatic N) is 1. The number of fused-ring (bicyclic) bond motifs is 1. The normalized spacial score (nSPS) is 12.2. The number of aromatic nitrogens is 1. The van der Waals surface area contributed by atoms with Crippen LogP contribution in [0.2, 0.25) is 5.02 Å². The Balaban J connectivity index is 2.27. The first-order chi connectivity index (χ1) is 8.37. The fourth-order valence-corrected chi connectivity index (χ4v) is 3.53. The van der Waals surface area contributed by atoms with Crippen LogP contribution in [-0.2, 0) is 16.7 Å². The number of halogens is 1. The SMILES string of the molecule is Cc1sc2ccc(Cl)cc2[n+]1CCCS(=O)(=O)[O-]. The second-order valence-corrected chi connectivity index (χ2v) is 7.19. The number of benzene rings is 1. The van der Waals surface area contributed by atoms with Crippen LogP contribution in [0, 0.1) is 6.92 Å². The highest BCUT2D eigenvalue weighted by Crippen LogP contribution is 2.23. The zero-order chi connectivity index (χ0) is 13.3. The molecule has 0 N–H and O–H groups in total. The first-order valence-corrected chi connectivity index (χ1v) is 8.16. The first-order valence-electron chi connectivity index (χ1n) is 5.39. The summed E-state index contributed by atoms with van der Waals surface area (Å²) in [5, 5.41) is 1.71. The van der Waals surface area contributed by atoms with Gasteiger partial charge >= 0.3 is 0 Å². The summed E-state index contributed by atoms with van der Waals surface area (Å²) in [4.78, 5) is 0. The molecule has 18 heavy (non-hydrogen) atoms. The minimum atomic E-state index is -4.14. The van der Waals surface area contributed by atoms with Gasteiger partial charge in [0.25, 0.3) is 0 Å². The van der Waals surface area contributed by atoms with Gasteiger partial charge in [-0.1, -0.05) is 22.9 Å². The Labute approximate surface area is 115 Å². The summed E-state index contributed by atoms with van der Waals surface area (Å²) in [5.74, 6) is -0.336. The minimum absolute atomic E-state index is 0.315. The molecule has 0 unspecified atom stereocenters. The zero-order valence-corrected chi connectivity index (χ0v) is 12.1. The van der Waals surface area contributed by atoms with Crippen molar-refractivity contribution in [3.8, 4) is 0 Å². The van der Waals surface area contributed by atoms with Crippen molar-refractivity contribution >= 4 is 43.3 Å². The molecule has 0 amide bonds. The average Bonchev–Trinajstić information content (AvgIpc) is 2.54. The van der Waals surface area contributed by atoms with Crippen molar-refractivity contribution in [1.29, 1.82) is 0 Å². The molecule has 0 bridgehead atoms. The largest absolute Gasteiger partial charge is 0.748 e. The fourth-order valence-electron chi connectivity index (χ4n) is 1.85. The molecule has 0 saturated carbocycles. The van der Waals surface area contributed by atoms with Gasteiger partial charge in [0.1, 0.15) is 4.70 Å². The maximum Gasteiger partial charge on any atom is 0.235 e. The highest BCUT2D eigenvalue weighted by molar-refractivity contribution is 7.85. The highest BCUT2D eigenvalue weighted by atomic mass is 35.5. The fraction of sp³-hybridized carbons (Fsp3) is 0.364. The lowest BCUT2D eigenvalue weighted by atomic mass is 10.3. The Morgan fingerprint density at radius 3 is 2.83 bits per heavy atom.